The van der Waals surface area contributed by atoms with Crippen LogP contribution in [0.1, 0.15) is 0 Å². The average molecular weight is 824 g/mol. The molecule has 0 N–H and O–H groups in total. The molecule has 3 heteroatoms. The Labute approximate surface area is 373 Å². The predicted octanol–water partition coefficient (Wildman–Crippen LogP) is 17.1. The van der Waals surface area contributed by atoms with Crippen molar-refractivity contribution < 1.29 is 0 Å². The van der Waals surface area contributed by atoms with Crippen LogP contribution in [0.25, 0.3) is 120 Å². The Hall–Kier alpha value is -8.66. The average Bonchev–Trinajstić information content (AvgIpc) is 3.88. The van der Waals surface area contributed by atoms with E-state index in [0.717, 1.165) is 34.0 Å². The first-order valence-corrected chi connectivity index (χ1v) is 22.5. The van der Waals surface area contributed by atoms with Crippen molar-refractivity contribution in [1.82, 2.24) is 9.13 Å². The topological polar surface area (TPSA) is 13.1 Å². The Morgan fingerprint density at radius 2 is 0.662 bits per heavy atom. The van der Waals surface area contributed by atoms with Gasteiger partial charge in [-0.2, -0.15) is 0 Å². The number of fused-ring (bicyclic) bond motifs is 6. The van der Waals surface area contributed by atoms with Crippen molar-refractivity contribution in [3.63, 3.8) is 0 Å². The van der Waals surface area contributed by atoms with Gasteiger partial charge in [-0.05, 0) is 115 Å². The van der Waals surface area contributed by atoms with Gasteiger partial charge in [0.1, 0.15) is 0 Å². The Bertz CT molecular complexity index is 4240. The van der Waals surface area contributed by atoms with E-state index in [1.54, 1.807) is 0 Å². The molecule has 0 aliphatic rings. The SMILES string of the molecule is c1ccc(-n2c3ccccc3c3ccc(-n4c5ccccc5c5ccc(N(c6ccc7ccc8cccc9ccc6c7c89)c6ccc7ccc8cccc9ccc6c7c89)cc54)cc32)cc1. The van der Waals surface area contributed by atoms with Crippen LogP contribution < -0.4 is 4.90 Å². The minimum atomic E-state index is 1.10. The third kappa shape index (κ3) is 4.79. The molecule has 0 bridgehead atoms. The molecule has 15 rings (SSSR count). The Kier molecular flexibility index (Phi) is 6.95. The standard InChI is InChI=1S/C62H37N3/c1-2-14-44(15-3-1)63-53-18-6-4-16-47(53)49-33-29-46(37-57(49)63)65-54-19-7-5-17-48(54)50-32-28-45(36-58(50)65)64(55-34-26-42-22-20-38-10-8-12-40-24-30-51(55)61(42)59(38)40)56-35-27-43-23-21-39-11-9-13-41-25-31-52(56)62(43)60(39)41/h1-37H. The summed E-state index contributed by atoms with van der Waals surface area (Å²) >= 11 is 0. The van der Waals surface area contributed by atoms with Crippen molar-refractivity contribution in [1.29, 1.82) is 0 Å². The molecule has 0 aliphatic carbocycles. The summed E-state index contributed by atoms with van der Waals surface area (Å²) < 4.78 is 4.89. The van der Waals surface area contributed by atoms with E-state index in [-0.39, 0.29) is 0 Å². The molecule has 2 heterocycles. The Balaban J connectivity index is 1.04. The molecule has 3 nitrogen and oxygen atoms in total. The lowest BCUT2D eigenvalue weighted by molar-refractivity contribution is 1.15. The smallest absolute Gasteiger partial charge is 0.0561 e. The lowest BCUT2D eigenvalue weighted by Crippen LogP contribution is -2.11. The van der Waals surface area contributed by atoms with E-state index < -0.39 is 0 Å². The molecular formula is C62H37N3. The van der Waals surface area contributed by atoms with Gasteiger partial charge in [-0.25, -0.2) is 0 Å². The van der Waals surface area contributed by atoms with Crippen LogP contribution in [0, 0.1) is 0 Å². The van der Waals surface area contributed by atoms with Crippen molar-refractivity contribution in [3.05, 3.63) is 224 Å². The lowest BCUT2D eigenvalue weighted by Gasteiger charge is -2.29. The maximum atomic E-state index is 2.54. The summed E-state index contributed by atoms with van der Waals surface area (Å²) in [6, 6.07) is 83.6. The van der Waals surface area contributed by atoms with Crippen LogP contribution in [-0.2, 0) is 0 Å². The fourth-order valence-corrected chi connectivity index (χ4v) is 11.6. The number of nitrogens with zero attached hydrogens (tertiary/aromatic N) is 3. The van der Waals surface area contributed by atoms with E-state index in [0.29, 0.717) is 0 Å². The zero-order valence-electron chi connectivity index (χ0n) is 35.2. The second-order valence-electron chi connectivity index (χ2n) is 17.7. The molecule has 0 spiro atoms. The maximum Gasteiger partial charge on any atom is 0.0561 e. The van der Waals surface area contributed by atoms with Crippen LogP contribution in [0.2, 0.25) is 0 Å². The van der Waals surface area contributed by atoms with Gasteiger partial charge in [-0.15, -0.1) is 0 Å². The van der Waals surface area contributed by atoms with Crippen LogP contribution in [0.15, 0.2) is 224 Å². The van der Waals surface area contributed by atoms with Crippen LogP contribution >= 0.6 is 0 Å². The van der Waals surface area contributed by atoms with Gasteiger partial charge in [-0.1, -0.05) is 164 Å². The summed E-state index contributed by atoms with van der Waals surface area (Å²) in [5.74, 6) is 0. The minimum Gasteiger partial charge on any atom is -0.309 e. The van der Waals surface area contributed by atoms with Gasteiger partial charge in [0.05, 0.1) is 33.4 Å². The number of benzene rings is 13. The number of rotatable bonds is 5. The van der Waals surface area contributed by atoms with E-state index in [9.17, 15) is 0 Å². The van der Waals surface area contributed by atoms with Crippen molar-refractivity contribution in [3.8, 4) is 11.4 Å². The van der Waals surface area contributed by atoms with E-state index >= 15 is 0 Å². The van der Waals surface area contributed by atoms with Gasteiger partial charge in [-0.3, -0.25) is 0 Å². The first-order chi connectivity index (χ1) is 32.2. The second-order valence-corrected chi connectivity index (χ2v) is 17.7. The number of anilines is 3. The maximum absolute atomic E-state index is 2.54. The Morgan fingerprint density at radius 3 is 1.23 bits per heavy atom. The van der Waals surface area contributed by atoms with Gasteiger partial charge in [0.15, 0.2) is 0 Å². The highest BCUT2D eigenvalue weighted by atomic mass is 15.1. The van der Waals surface area contributed by atoms with Crippen LogP contribution in [0.3, 0.4) is 0 Å². The highest BCUT2D eigenvalue weighted by Gasteiger charge is 2.24. The van der Waals surface area contributed by atoms with E-state index in [4.69, 9.17) is 0 Å². The number of para-hydroxylation sites is 3. The summed E-state index contributed by atoms with van der Waals surface area (Å²) in [4.78, 5) is 2.54. The lowest BCUT2D eigenvalue weighted by atomic mass is 9.91. The largest absolute Gasteiger partial charge is 0.309 e. The number of aromatic nitrogens is 2. The van der Waals surface area contributed by atoms with Crippen molar-refractivity contribution in [2.45, 2.75) is 0 Å². The molecule has 0 atom stereocenters. The molecule has 0 saturated heterocycles. The van der Waals surface area contributed by atoms with Gasteiger partial charge in [0.2, 0.25) is 0 Å². The molecule has 0 amide bonds. The highest BCUT2D eigenvalue weighted by Crippen LogP contribution is 2.49. The second kappa shape index (κ2) is 12.9. The summed E-state index contributed by atoms with van der Waals surface area (Å²) in [6.45, 7) is 0. The van der Waals surface area contributed by atoms with Gasteiger partial charge >= 0.3 is 0 Å². The fraction of sp³-hybridized carbons (Fsp3) is 0. The summed E-state index contributed by atoms with van der Waals surface area (Å²) in [6.07, 6.45) is 0. The molecule has 0 fully saturated rings. The third-order valence-corrected chi connectivity index (χ3v) is 14.3. The molecule has 65 heavy (non-hydrogen) atoms. The molecule has 0 aliphatic heterocycles. The van der Waals surface area contributed by atoms with Gasteiger partial charge in [0.25, 0.3) is 0 Å². The van der Waals surface area contributed by atoms with E-state index in [1.165, 1.54) is 103 Å². The third-order valence-electron chi connectivity index (χ3n) is 14.3. The molecule has 0 unspecified atom stereocenters. The summed E-state index contributed by atoms with van der Waals surface area (Å²) in [5.41, 5.74) is 10.4. The molecule has 300 valence electrons. The summed E-state index contributed by atoms with van der Waals surface area (Å²) in [5, 5.41) is 20.2. The molecule has 0 radical (unpaired) electrons. The van der Waals surface area contributed by atoms with Crippen molar-refractivity contribution >= 4 is 125 Å². The number of hydrogen-bond donors (Lipinski definition) is 0. The normalized spacial score (nSPS) is 12.3. The fourth-order valence-electron chi connectivity index (χ4n) is 11.6. The first kappa shape index (κ1) is 34.9. The molecule has 15 aromatic rings. The zero-order valence-corrected chi connectivity index (χ0v) is 35.2. The molecule has 2 aromatic heterocycles. The molecular weight excluding hydrogens is 787 g/mol. The van der Waals surface area contributed by atoms with Crippen molar-refractivity contribution in [2.24, 2.45) is 0 Å². The van der Waals surface area contributed by atoms with Gasteiger partial charge < -0.3 is 14.0 Å². The zero-order chi connectivity index (χ0) is 42.3. The first-order valence-electron chi connectivity index (χ1n) is 22.5. The predicted molar refractivity (Wildman–Crippen MR) is 277 cm³/mol. The number of hydrogen-bond acceptors (Lipinski definition) is 1. The molecule has 13 aromatic carbocycles. The summed E-state index contributed by atoms with van der Waals surface area (Å²) in [7, 11) is 0. The van der Waals surface area contributed by atoms with E-state index in [1.807, 2.05) is 0 Å². The minimum absolute atomic E-state index is 1.10. The van der Waals surface area contributed by atoms with E-state index in [2.05, 4.69) is 238 Å². The molecule has 0 saturated carbocycles. The quantitative estimate of drug-likeness (QED) is 0.158. The van der Waals surface area contributed by atoms with Crippen LogP contribution in [0.4, 0.5) is 17.1 Å². The Morgan fingerprint density at radius 1 is 0.246 bits per heavy atom. The van der Waals surface area contributed by atoms with Crippen LogP contribution in [0.5, 0.6) is 0 Å². The monoisotopic (exact) mass is 823 g/mol. The highest BCUT2D eigenvalue weighted by molar-refractivity contribution is 6.28. The van der Waals surface area contributed by atoms with Crippen molar-refractivity contribution in [2.75, 3.05) is 4.90 Å². The van der Waals surface area contributed by atoms with Crippen LogP contribution in [-0.4, -0.2) is 9.13 Å². The van der Waals surface area contributed by atoms with Gasteiger partial charge in [0, 0.05) is 49.4 Å².